The molecular weight excluding hydrogens is 110 g/mol. The smallest absolute Gasteiger partial charge is 0.154 e. The van der Waals surface area contributed by atoms with Gasteiger partial charge in [-0.15, -0.1) is 6.42 Å². The van der Waals surface area contributed by atoms with Crippen LogP contribution in [0, 0.1) is 12.3 Å². The third-order valence-electron chi connectivity index (χ3n) is 2.03. The van der Waals surface area contributed by atoms with Crippen LogP contribution in [0.2, 0.25) is 0 Å². The van der Waals surface area contributed by atoms with Crippen molar-refractivity contribution in [1.82, 2.24) is 0 Å². The molecule has 0 aliphatic heterocycles. The first-order valence-electron chi connectivity index (χ1n) is 3.10. The van der Waals surface area contributed by atoms with E-state index in [-0.39, 0.29) is 5.54 Å². The number of hydrogen-bond acceptors (Lipinski definition) is 0. The van der Waals surface area contributed by atoms with E-state index >= 15 is 0 Å². The highest BCUT2D eigenvalue weighted by Gasteiger charge is 2.29. The van der Waals surface area contributed by atoms with E-state index in [1.165, 1.54) is 0 Å². The second-order valence-corrected chi connectivity index (χ2v) is 3.72. The number of terminal acetylenes is 1. The standard InChI is InChI=1S/C8H16N/c1-7-8(2,3)9(4,5)6/h1H,2-6H3/q+1. The van der Waals surface area contributed by atoms with Crippen molar-refractivity contribution in [3.8, 4) is 12.3 Å². The van der Waals surface area contributed by atoms with Gasteiger partial charge in [-0.05, 0) is 5.92 Å². The average molecular weight is 126 g/mol. The number of quaternary nitrogens is 1. The van der Waals surface area contributed by atoms with E-state index in [4.69, 9.17) is 6.42 Å². The molecule has 0 aromatic rings. The van der Waals surface area contributed by atoms with E-state index in [9.17, 15) is 0 Å². The molecule has 0 aliphatic rings. The molecule has 0 spiro atoms. The molecule has 0 amide bonds. The van der Waals surface area contributed by atoms with Crippen molar-refractivity contribution in [2.45, 2.75) is 19.4 Å². The fourth-order valence-electron chi connectivity index (χ4n) is 0.194. The van der Waals surface area contributed by atoms with Gasteiger partial charge in [0.05, 0.1) is 21.1 Å². The lowest BCUT2D eigenvalue weighted by molar-refractivity contribution is -0.909. The largest absolute Gasteiger partial charge is 0.316 e. The molecule has 0 rings (SSSR count). The molecule has 0 N–H and O–H groups in total. The first kappa shape index (κ1) is 8.52. The van der Waals surface area contributed by atoms with Crippen molar-refractivity contribution >= 4 is 0 Å². The summed E-state index contributed by atoms with van der Waals surface area (Å²) < 4.78 is 0.809. The van der Waals surface area contributed by atoms with Crippen LogP contribution in [0.4, 0.5) is 0 Å². The Labute approximate surface area is 58.3 Å². The molecule has 0 aromatic heterocycles. The monoisotopic (exact) mass is 126 g/mol. The summed E-state index contributed by atoms with van der Waals surface area (Å²) in [4.78, 5) is 0. The summed E-state index contributed by atoms with van der Waals surface area (Å²) in [5.41, 5.74) is -0.0556. The van der Waals surface area contributed by atoms with Gasteiger partial charge in [-0.2, -0.15) is 0 Å². The molecule has 0 saturated heterocycles. The number of hydrogen-bond donors (Lipinski definition) is 0. The molecule has 0 atom stereocenters. The van der Waals surface area contributed by atoms with E-state index in [0.717, 1.165) is 4.48 Å². The molecule has 0 aromatic carbocycles. The van der Waals surface area contributed by atoms with Crippen LogP contribution in [0.1, 0.15) is 13.8 Å². The highest BCUT2D eigenvalue weighted by atomic mass is 15.3. The van der Waals surface area contributed by atoms with Gasteiger partial charge in [0.25, 0.3) is 0 Å². The molecule has 52 valence electrons. The van der Waals surface area contributed by atoms with Crippen molar-refractivity contribution in [2.75, 3.05) is 21.1 Å². The molecule has 0 aliphatic carbocycles. The first-order valence-corrected chi connectivity index (χ1v) is 3.10. The van der Waals surface area contributed by atoms with E-state index in [1.54, 1.807) is 0 Å². The zero-order valence-electron chi connectivity index (χ0n) is 7.02. The Hall–Kier alpha value is -0.480. The van der Waals surface area contributed by atoms with Crippen LogP contribution in [0.3, 0.4) is 0 Å². The predicted octanol–water partition coefficient (Wildman–Crippen LogP) is 1.10. The second kappa shape index (κ2) is 2.04. The highest BCUT2D eigenvalue weighted by molar-refractivity contribution is 5.02. The van der Waals surface area contributed by atoms with Crippen LogP contribution >= 0.6 is 0 Å². The van der Waals surface area contributed by atoms with Gasteiger partial charge in [0, 0.05) is 13.8 Å². The highest BCUT2D eigenvalue weighted by Crippen LogP contribution is 2.14. The molecular formula is C8H16N+. The van der Waals surface area contributed by atoms with Crippen molar-refractivity contribution in [3.63, 3.8) is 0 Å². The van der Waals surface area contributed by atoms with Crippen LogP contribution < -0.4 is 0 Å². The number of nitrogens with zero attached hydrogens (tertiary/aromatic N) is 1. The Morgan fingerprint density at radius 2 is 1.56 bits per heavy atom. The van der Waals surface area contributed by atoms with E-state index in [1.807, 2.05) is 0 Å². The molecule has 0 unspecified atom stereocenters. The quantitative estimate of drug-likeness (QED) is 0.364. The van der Waals surface area contributed by atoms with E-state index < -0.39 is 0 Å². The summed E-state index contributed by atoms with van der Waals surface area (Å²) >= 11 is 0. The van der Waals surface area contributed by atoms with Gasteiger partial charge in [-0.25, -0.2) is 0 Å². The average Bonchev–Trinajstić information content (AvgIpc) is 1.64. The molecule has 1 nitrogen and oxygen atoms in total. The van der Waals surface area contributed by atoms with Crippen LogP contribution in [-0.4, -0.2) is 31.2 Å². The normalized spacial score (nSPS) is 12.9. The Morgan fingerprint density at radius 1 is 1.22 bits per heavy atom. The molecule has 0 heterocycles. The SMILES string of the molecule is C#CC(C)(C)[N+](C)(C)C. The lowest BCUT2D eigenvalue weighted by atomic mass is 10.0. The Morgan fingerprint density at radius 3 is 1.56 bits per heavy atom. The van der Waals surface area contributed by atoms with Crippen LogP contribution in [0.25, 0.3) is 0 Å². The zero-order chi connectivity index (χ0) is 7.71. The minimum absolute atomic E-state index is 0.0556. The third-order valence-corrected chi connectivity index (χ3v) is 2.03. The summed E-state index contributed by atoms with van der Waals surface area (Å²) in [6.07, 6.45) is 5.33. The Kier molecular flexibility index (Phi) is 1.93. The van der Waals surface area contributed by atoms with Crippen molar-refractivity contribution in [1.29, 1.82) is 0 Å². The maximum atomic E-state index is 5.33. The van der Waals surface area contributed by atoms with Crippen molar-refractivity contribution in [3.05, 3.63) is 0 Å². The minimum Gasteiger partial charge on any atom is -0.316 e. The van der Waals surface area contributed by atoms with Gasteiger partial charge in [-0.3, -0.25) is 0 Å². The topological polar surface area (TPSA) is 0 Å². The molecule has 0 saturated carbocycles. The van der Waals surface area contributed by atoms with Crippen molar-refractivity contribution in [2.24, 2.45) is 0 Å². The molecule has 0 bridgehead atoms. The Balaban J connectivity index is 4.39. The van der Waals surface area contributed by atoms with Crippen LogP contribution in [0.5, 0.6) is 0 Å². The summed E-state index contributed by atoms with van der Waals surface area (Å²) in [7, 11) is 6.29. The van der Waals surface area contributed by atoms with Gasteiger partial charge in [-0.1, -0.05) is 0 Å². The van der Waals surface area contributed by atoms with Gasteiger partial charge >= 0.3 is 0 Å². The summed E-state index contributed by atoms with van der Waals surface area (Å²) in [6, 6.07) is 0. The van der Waals surface area contributed by atoms with Crippen LogP contribution in [0.15, 0.2) is 0 Å². The zero-order valence-corrected chi connectivity index (χ0v) is 7.02. The predicted molar refractivity (Wildman–Crippen MR) is 40.9 cm³/mol. The third kappa shape index (κ3) is 1.73. The van der Waals surface area contributed by atoms with Gasteiger partial charge in [0.1, 0.15) is 0 Å². The fourth-order valence-corrected chi connectivity index (χ4v) is 0.194. The maximum Gasteiger partial charge on any atom is 0.154 e. The van der Waals surface area contributed by atoms with Crippen molar-refractivity contribution < 1.29 is 4.48 Å². The molecule has 0 radical (unpaired) electrons. The molecule has 0 fully saturated rings. The fraction of sp³-hybridized carbons (Fsp3) is 0.750. The Bertz CT molecular complexity index is 132. The lowest BCUT2D eigenvalue weighted by Crippen LogP contribution is -2.51. The minimum atomic E-state index is -0.0556. The molecule has 1 heteroatoms. The van der Waals surface area contributed by atoms with Gasteiger partial charge in [0.2, 0.25) is 0 Å². The van der Waals surface area contributed by atoms with E-state index in [0.29, 0.717) is 0 Å². The number of rotatable bonds is 1. The van der Waals surface area contributed by atoms with Gasteiger partial charge in [0.15, 0.2) is 5.54 Å². The van der Waals surface area contributed by atoms with Crippen LogP contribution in [-0.2, 0) is 0 Å². The first-order chi connectivity index (χ1) is 3.81. The lowest BCUT2D eigenvalue weighted by Gasteiger charge is -2.37. The van der Waals surface area contributed by atoms with E-state index in [2.05, 4.69) is 40.9 Å². The molecule has 9 heavy (non-hydrogen) atoms. The maximum absolute atomic E-state index is 5.33. The summed E-state index contributed by atoms with van der Waals surface area (Å²) in [5, 5.41) is 0. The van der Waals surface area contributed by atoms with Gasteiger partial charge < -0.3 is 4.48 Å². The second-order valence-electron chi connectivity index (χ2n) is 3.72. The summed E-state index contributed by atoms with van der Waals surface area (Å²) in [6.45, 7) is 4.12. The summed E-state index contributed by atoms with van der Waals surface area (Å²) in [5.74, 6) is 2.75.